The lowest BCUT2D eigenvalue weighted by Gasteiger charge is -2.20. The van der Waals surface area contributed by atoms with E-state index in [-0.39, 0.29) is 6.10 Å². The lowest BCUT2D eigenvalue weighted by atomic mass is 10.2. The Balaban J connectivity index is 2.72. The summed E-state index contributed by atoms with van der Waals surface area (Å²) in [5.74, 6) is 0.788. The number of aryl methyl sites for hydroxylation is 1. The summed E-state index contributed by atoms with van der Waals surface area (Å²) in [5.41, 5.74) is 7.45. The Morgan fingerprint density at radius 3 is 2.80 bits per heavy atom. The normalized spacial score (nSPS) is 12.5. The van der Waals surface area contributed by atoms with E-state index in [1.807, 2.05) is 31.0 Å². The van der Waals surface area contributed by atoms with Crippen molar-refractivity contribution in [1.82, 2.24) is 4.98 Å². The number of aliphatic hydroxyl groups excluding tert-OH is 1. The van der Waals surface area contributed by atoms with Crippen LogP contribution in [-0.4, -0.2) is 29.8 Å². The smallest absolute Gasteiger partial charge is 0.151 e. The monoisotopic (exact) mass is 209 g/mol. The van der Waals surface area contributed by atoms with Crippen LogP contribution in [0, 0.1) is 6.92 Å². The highest BCUT2D eigenvalue weighted by molar-refractivity contribution is 5.62. The second kappa shape index (κ2) is 4.98. The van der Waals surface area contributed by atoms with Gasteiger partial charge in [-0.05, 0) is 32.4 Å². The molecular weight excluding hydrogens is 190 g/mol. The molecule has 0 amide bonds. The molecule has 1 heterocycles. The summed E-state index contributed by atoms with van der Waals surface area (Å²) >= 11 is 0. The Morgan fingerprint density at radius 2 is 2.20 bits per heavy atom. The van der Waals surface area contributed by atoms with Crippen LogP contribution in [0.4, 0.5) is 11.5 Å². The lowest BCUT2D eigenvalue weighted by Crippen LogP contribution is -2.23. The molecule has 0 aliphatic carbocycles. The van der Waals surface area contributed by atoms with Gasteiger partial charge < -0.3 is 15.7 Å². The van der Waals surface area contributed by atoms with Crippen LogP contribution in [0.2, 0.25) is 0 Å². The Bertz CT molecular complexity index is 326. The number of rotatable bonds is 4. The molecule has 0 saturated carbocycles. The molecule has 4 heteroatoms. The zero-order valence-electron chi connectivity index (χ0n) is 9.57. The number of nitrogen functional groups attached to an aromatic ring is 1. The molecule has 4 nitrogen and oxygen atoms in total. The number of anilines is 2. The maximum atomic E-state index is 9.19. The highest BCUT2D eigenvalue weighted by atomic mass is 16.3. The summed E-state index contributed by atoms with van der Waals surface area (Å²) < 4.78 is 0. The number of aliphatic hydroxyl groups is 1. The van der Waals surface area contributed by atoms with Crippen molar-refractivity contribution in [3.05, 3.63) is 17.8 Å². The van der Waals surface area contributed by atoms with Crippen molar-refractivity contribution in [2.24, 2.45) is 0 Å². The molecule has 0 aromatic carbocycles. The first-order valence-corrected chi connectivity index (χ1v) is 5.13. The molecular formula is C11H19N3O. The first kappa shape index (κ1) is 11.8. The number of nitrogens with zero attached hydrogens (tertiary/aromatic N) is 2. The maximum Gasteiger partial charge on any atom is 0.151 e. The second-order valence-electron chi connectivity index (χ2n) is 3.92. The average molecular weight is 209 g/mol. The highest BCUT2D eigenvalue weighted by Crippen LogP contribution is 2.19. The molecule has 1 unspecified atom stereocenters. The van der Waals surface area contributed by atoms with Crippen LogP contribution in [0.25, 0.3) is 0 Å². The molecule has 0 spiro atoms. The molecule has 0 fully saturated rings. The fourth-order valence-electron chi connectivity index (χ4n) is 1.35. The Morgan fingerprint density at radius 1 is 1.53 bits per heavy atom. The van der Waals surface area contributed by atoms with Gasteiger partial charge >= 0.3 is 0 Å². The van der Waals surface area contributed by atoms with E-state index in [1.165, 1.54) is 0 Å². The van der Waals surface area contributed by atoms with Gasteiger partial charge in [0.05, 0.1) is 11.8 Å². The first-order valence-electron chi connectivity index (χ1n) is 5.13. The zero-order chi connectivity index (χ0) is 11.4. The minimum Gasteiger partial charge on any atom is -0.396 e. The van der Waals surface area contributed by atoms with Gasteiger partial charge in [0.2, 0.25) is 0 Å². The van der Waals surface area contributed by atoms with E-state index in [1.54, 1.807) is 6.92 Å². The SMILES string of the molecule is Cc1ccc(N)c(N(C)CCC(C)O)n1. The van der Waals surface area contributed by atoms with Crippen molar-refractivity contribution in [2.75, 3.05) is 24.2 Å². The summed E-state index contributed by atoms with van der Waals surface area (Å²) in [5, 5.41) is 9.19. The minimum atomic E-state index is -0.293. The van der Waals surface area contributed by atoms with Crippen molar-refractivity contribution < 1.29 is 5.11 Å². The first-order chi connectivity index (χ1) is 7.00. The molecule has 0 aliphatic rings. The second-order valence-corrected chi connectivity index (χ2v) is 3.92. The van der Waals surface area contributed by atoms with Crippen molar-refractivity contribution in [2.45, 2.75) is 26.4 Å². The van der Waals surface area contributed by atoms with E-state index >= 15 is 0 Å². The third-order valence-corrected chi connectivity index (χ3v) is 2.29. The largest absolute Gasteiger partial charge is 0.396 e. The summed E-state index contributed by atoms with van der Waals surface area (Å²) in [7, 11) is 1.93. The van der Waals surface area contributed by atoms with Crippen LogP contribution in [0.3, 0.4) is 0 Å². The summed E-state index contributed by atoms with van der Waals surface area (Å²) in [6.07, 6.45) is 0.421. The molecule has 3 N–H and O–H groups in total. The topological polar surface area (TPSA) is 62.4 Å². The Hall–Kier alpha value is -1.29. The third kappa shape index (κ3) is 3.40. The van der Waals surface area contributed by atoms with Gasteiger partial charge in [-0.2, -0.15) is 0 Å². The fourth-order valence-corrected chi connectivity index (χ4v) is 1.35. The van der Waals surface area contributed by atoms with Gasteiger partial charge in [0.15, 0.2) is 5.82 Å². The summed E-state index contributed by atoms with van der Waals surface area (Å²) in [4.78, 5) is 6.34. The van der Waals surface area contributed by atoms with E-state index in [2.05, 4.69) is 4.98 Å². The predicted molar refractivity (Wildman–Crippen MR) is 63.0 cm³/mol. The standard InChI is InChI=1S/C11H19N3O/c1-8-4-5-10(12)11(13-8)14(3)7-6-9(2)15/h4-5,9,15H,6-7,12H2,1-3H3. The van der Waals surface area contributed by atoms with Crippen LogP contribution in [0.5, 0.6) is 0 Å². The number of nitrogens with two attached hydrogens (primary N) is 1. The average Bonchev–Trinajstić information content (AvgIpc) is 2.18. The molecule has 15 heavy (non-hydrogen) atoms. The van der Waals surface area contributed by atoms with Crippen LogP contribution < -0.4 is 10.6 Å². The van der Waals surface area contributed by atoms with Crippen molar-refractivity contribution in [1.29, 1.82) is 0 Å². The quantitative estimate of drug-likeness (QED) is 0.781. The van der Waals surface area contributed by atoms with E-state index in [0.29, 0.717) is 12.1 Å². The summed E-state index contributed by atoms with van der Waals surface area (Å²) in [6.45, 7) is 4.46. The number of pyridine rings is 1. The fraction of sp³-hybridized carbons (Fsp3) is 0.545. The van der Waals surface area contributed by atoms with E-state index in [9.17, 15) is 5.11 Å². The third-order valence-electron chi connectivity index (χ3n) is 2.29. The summed E-state index contributed by atoms with van der Waals surface area (Å²) in [6, 6.07) is 3.75. The van der Waals surface area contributed by atoms with Gasteiger partial charge in [-0.25, -0.2) is 4.98 Å². The minimum absolute atomic E-state index is 0.293. The highest BCUT2D eigenvalue weighted by Gasteiger charge is 2.08. The van der Waals surface area contributed by atoms with Gasteiger partial charge in [-0.1, -0.05) is 0 Å². The number of hydrogen-bond acceptors (Lipinski definition) is 4. The van der Waals surface area contributed by atoms with Crippen molar-refractivity contribution in [3.8, 4) is 0 Å². The van der Waals surface area contributed by atoms with Gasteiger partial charge in [0.25, 0.3) is 0 Å². The van der Waals surface area contributed by atoms with Gasteiger partial charge in [-0.15, -0.1) is 0 Å². The van der Waals surface area contributed by atoms with E-state index < -0.39 is 0 Å². The molecule has 0 aliphatic heterocycles. The lowest BCUT2D eigenvalue weighted by molar-refractivity contribution is 0.187. The van der Waals surface area contributed by atoms with Gasteiger partial charge in [0.1, 0.15) is 0 Å². The zero-order valence-corrected chi connectivity index (χ0v) is 9.57. The maximum absolute atomic E-state index is 9.19. The molecule has 84 valence electrons. The Kier molecular flexibility index (Phi) is 3.91. The Labute approximate surface area is 90.7 Å². The van der Waals surface area contributed by atoms with Crippen LogP contribution >= 0.6 is 0 Å². The van der Waals surface area contributed by atoms with Gasteiger partial charge in [0, 0.05) is 19.3 Å². The van der Waals surface area contributed by atoms with E-state index in [4.69, 9.17) is 5.73 Å². The molecule has 1 rings (SSSR count). The number of aromatic nitrogens is 1. The van der Waals surface area contributed by atoms with Gasteiger partial charge in [-0.3, -0.25) is 0 Å². The van der Waals surface area contributed by atoms with Crippen LogP contribution in [0.1, 0.15) is 19.0 Å². The van der Waals surface area contributed by atoms with Crippen LogP contribution in [-0.2, 0) is 0 Å². The molecule has 0 bridgehead atoms. The molecule has 0 radical (unpaired) electrons. The predicted octanol–water partition coefficient (Wildman–Crippen LogP) is 1.18. The molecule has 1 aromatic rings. The molecule has 1 atom stereocenters. The van der Waals surface area contributed by atoms with E-state index in [0.717, 1.165) is 18.1 Å². The van der Waals surface area contributed by atoms with Crippen molar-refractivity contribution in [3.63, 3.8) is 0 Å². The molecule has 0 saturated heterocycles. The number of hydrogen-bond donors (Lipinski definition) is 2. The van der Waals surface area contributed by atoms with Crippen LogP contribution in [0.15, 0.2) is 12.1 Å². The molecule has 1 aromatic heterocycles. The van der Waals surface area contributed by atoms with Crippen molar-refractivity contribution >= 4 is 11.5 Å².